The quantitative estimate of drug-likeness (QED) is 0.911. The van der Waals surface area contributed by atoms with E-state index in [1.165, 1.54) is 31.7 Å². The van der Waals surface area contributed by atoms with Crippen LogP contribution in [0.1, 0.15) is 21.5 Å². The molecule has 2 aromatic rings. The standard InChI is InChI=1S/C14H13F3N2O2/c1-18-12-3-2-10(6-11(12)14(15,16)17)13(20)19-7-9-4-5-21-8-9/h2-6,8,18H,7H2,1H3,(H,19,20). The van der Waals surface area contributed by atoms with Gasteiger partial charge in [-0.05, 0) is 24.3 Å². The summed E-state index contributed by atoms with van der Waals surface area (Å²) in [6.45, 7) is 0.185. The Hall–Kier alpha value is -2.44. The largest absolute Gasteiger partial charge is 0.472 e. The first-order valence-electron chi connectivity index (χ1n) is 6.10. The Kier molecular flexibility index (Phi) is 4.21. The summed E-state index contributed by atoms with van der Waals surface area (Å²) in [5.74, 6) is -0.579. The van der Waals surface area contributed by atoms with Gasteiger partial charge in [0.15, 0.2) is 0 Å². The number of carbonyl (C=O) groups excluding carboxylic acids is 1. The second-order valence-corrected chi connectivity index (χ2v) is 4.32. The molecule has 4 nitrogen and oxygen atoms in total. The van der Waals surface area contributed by atoms with Crippen LogP contribution >= 0.6 is 0 Å². The lowest BCUT2D eigenvalue weighted by Gasteiger charge is -2.14. The van der Waals surface area contributed by atoms with Gasteiger partial charge in [-0.1, -0.05) is 0 Å². The van der Waals surface area contributed by atoms with Gasteiger partial charge in [0.2, 0.25) is 0 Å². The summed E-state index contributed by atoms with van der Waals surface area (Å²) in [4.78, 5) is 11.9. The molecule has 0 atom stereocenters. The molecule has 0 fully saturated rings. The molecule has 0 aliphatic rings. The van der Waals surface area contributed by atoms with E-state index in [1.807, 2.05) is 0 Å². The minimum atomic E-state index is -4.53. The summed E-state index contributed by atoms with van der Waals surface area (Å²) < 4.78 is 43.5. The molecule has 0 saturated carbocycles. The molecule has 0 spiro atoms. The van der Waals surface area contributed by atoms with E-state index in [9.17, 15) is 18.0 Å². The van der Waals surface area contributed by atoms with Crippen molar-refractivity contribution in [2.75, 3.05) is 12.4 Å². The Morgan fingerprint density at radius 2 is 2.05 bits per heavy atom. The Morgan fingerprint density at radius 3 is 2.62 bits per heavy atom. The maximum atomic E-state index is 12.9. The lowest BCUT2D eigenvalue weighted by molar-refractivity contribution is -0.136. The summed E-state index contributed by atoms with van der Waals surface area (Å²) in [5.41, 5.74) is -0.272. The fourth-order valence-corrected chi connectivity index (χ4v) is 1.82. The molecular weight excluding hydrogens is 285 g/mol. The molecule has 1 heterocycles. The van der Waals surface area contributed by atoms with Gasteiger partial charge in [-0.2, -0.15) is 13.2 Å². The van der Waals surface area contributed by atoms with Crippen molar-refractivity contribution < 1.29 is 22.4 Å². The van der Waals surface area contributed by atoms with E-state index in [1.54, 1.807) is 6.07 Å². The van der Waals surface area contributed by atoms with Gasteiger partial charge in [-0.15, -0.1) is 0 Å². The van der Waals surface area contributed by atoms with Crippen LogP contribution in [0.4, 0.5) is 18.9 Å². The zero-order valence-electron chi connectivity index (χ0n) is 11.1. The summed E-state index contributed by atoms with van der Waals surface area (Å²) in [6.07, 6.45) is -1.63. The van der Waals surface area contributed by atoms with Crippen LogP contribution < -0.4 is 10.6 Å². The molecule has 0 radical (unpaired) electrons. The first-order valence-corrected chi connectivity index (χ1v) is 6.10. The van der Waals surface area contributed by atoms with E-state index in [-0.39, 0.29) is 17.8 Å². The minimum Gasteiger partial charge on any atom is -0.472 e. The number of halogens is 3. The van der Waals surface area contributed by atoms with Gasteiger partial charge in [0.25, 0.3) is 5.91 Å². The lowest BCUT2D eigenvalue weighted by atomic mass is 10.1. The predicted molar refractivity (Wildman–Crippen MR) is 70.9 cm³/mol. The normalized spacial score (nSPS) is 11.2. The fraction of sp³-hybridized carbons (Fsp3) is 0.214. The molecule has 112 valence electrons. The summed E-state index contributed by atoms with van der Waals surface area (Å²) >= 11 is 0. The monoisotopic (exact) mass is 298 g/mol. The third-order valence-electron chi connectivity index (χ3n) is 2.89. The van der Waals surface area contributed by atoms with Gasteiger partial charge in [0.05, 0.1) is 18.1 Å². The fourth-order valence-electron chi connectivity index (χ4n) is 1.82. The molecule has 0 saturated heterocycles. The van der Waals surface area contributed by atoms with E-state index in [0.717, 1.165) is 11.6 Å². The number of benzene rings is 1. The first kappa shape index (κ1) is 15.0. The van der Waals surface area contributed by atoms with Crippen molar-refractivity contribution in [1.82, 2.24) is 5.32 Å². The van der Waals surface area contributed by atoms with Crippen molar-refractivity contribution in [2.45, 2.75) is 12.7 Å². The Labute approximate surface area is 119 Å². The van der Waals surface area contributed by atoms with Crippen LogP contribution in [-0.4, -0.2) is 13.0 Å². The number of carbonyl (C=O) groups is 1. The van der Waals surface area contributed by atoms with Gasteiger partial charge < -0.3 is 15.1 Å². The van der Waals surface area contributed by atoms with Crippen LogP contribution in [0.3, 0.4) is 0 Å². The van der Waals surface area contributed by atoms with Crippen molar-refractivity contribution in [2.24, 2.45) is 0 Å². The number of anilines is 1. The SMILES string of the molecule is CNc1ccc(C(=O)NCc2ccoc2)cc1C(F)(F)F. The van der Waals surface area contributed by atoms with Gasteiger partial charge in [-0.3, -0.25) is 4.79 Å². The van der Waals surface area contributed by atoms with Gasteiger partial charge in [0.1, 0.15) is 0 Å². The van der Waals surface area contributed by atoms with E-state index in [0.29, 0.717) is 0 Å². The topological polar surface area (TPSA) is 54.3 Å². The number of rotatable bonds is 4. The highest BCUT2D eigenvalue weighted by atomic mass is 19.4. The maximum Gasteiger partial charge on any atom is 0.418 e. The molecular formula is C14H13F3N2O2. The van der Waals surface area contributed by atoms with Gasteiger partial charge in [-0.25, -0.2) is 0 Å². The lowest BCUT2D eigenvalue weighted by Crippen LogP contribution is -2.23. The van der Waals surface area contributed by atoms with Crippen LogP contribution in [0.25, 0.3) is 0 Å². The van der Waals surface area contributed by atoms with Crippen molar-refractivity contribution in [1.29, 1.82) is 0 Å². The van der Waals surface area contributed by atoms with Crippen LogP contribution in [0.5, 0.6) is 0 Å². The summed E-state index contributed by atoms with van der Waals surface area (Å²) in [6, 6.07) is 5.06. The van der Waals surface area contributed by atoms with E-state index < -0.39 is 17.6 Å². The summed E-state index contributed by atoms with van der Waals surface area (Å²) in [5, 5.41) is 4.99. The minimum absolute atomic E-state index is 0.0511. The Bertz CT molecular complexity index is 622. The highest BCUT2D eigenvalue weighted by Crippen LogP contribution is 2.35. The zero-order valence-corrected chi connectivity index (χ0v) is 11.1. The Morgan fingerprint density at radius 1 is 1.29 bits per heavy atom. The molecule has 1 aromatic heterocycles. The molecule has 21 heavy (non-hydrogen) atoms. The molecule has 1 aromatic carbocycles. The Balaban J connectivity index is 2.17. The smallest absolute Gasteiger partial charge is 0.418 e. The number of furan rings is 1. The van der Waals surface area contributed by atoms with E-state index in [2.05, 4.69) is 10.6 Å². The molecule has 0 aliphatic heterocycles. The van der Waals surface area contributed by atoms with Crippen molar-refractivity contribution in [3.8, 4) is 0 Å². The van der Waals surface area contributed by atoms with Crippen LogP contribution in [0.2, 0.25) is 0 Å². The molecule has 1 amide bonds. The third-order valence-corrected chi connectivity index (χ3v) is 2.89. The molecule has 0 aliphatic carbocycles. The maximum absolute atomic E-state index is 12.9. The summed E-state index contributed by atoms with van der Waals surface area (Å²) in [7, 11) is 1.39. The molecule has 0 bridgehead atoms. The average Bonchev–Trinajstić information content (AvgIpc) is 2.96. The molecule has 0 unspecified atom stereocenters. The number of nitrogens with one attached hydrogen (secondary N) is 2. The zero-order chi connectivity index (χ0) is 15.5. The van der Waals surface area contributed by atoms with Gasteiger partial charge in [0, 0.05) is 30.4 Å². The molecule has 2 rings (SSSR count). The molecule has 2 N–H and O–H groups in total. The predicted octanol–water partition coefficient (Wildman–Crippen LogP) is 3.27. The third kappa shape index (κ3) is 3.56. The number of hydrogen-bond acceptors (Lipinski definition) is 3. The van der Waals surface area contributed by atoms with Crippen LogP contribution in [0.15, 0.2) is 41.2 Å². The van der Waals surface area contributed by atoms with Crippen molar-refractivity contribution >= 4 is 11.6 Å². The van der Waals surface area contributed by atoms with Crippen molar-refractivity contribution in [3.05, 3.63) is 53.5 Å². The first-order chi connectivity index (χ1) is 9.91. The highest BCUT2D eigenvalue weighted by Gasteiger charge is 2.34. The van der Waals surface area contributed by atoms with Crippen LogP contribution in [0, 0.1) is 0 Å². The highest BCUT2D eigenvalue weighted by molar-refractivity contribution is 5.94. The average molecular weight is 298 g/mol. The number of hydrogen-bond donors (Lipinski definition) is 2. The molecule has 7 heteroatoms. The van der Waals surface area contributed by atoms with E-state index >= 15 is 0 Å². The van der Waals surface area contributed by atoms with Crippen molar-refractivity contribution in [3.63, 3.8) is 0 Å². The number of amides is 1. The van der Waals surface area contributed by atoms with E-state index in [4.69, 9.17) is 4.42 Å². The number of alkyl halides is 3. The van der Waals surface area contributed by atoms with Crippen LogP contribution in [-0.2, 0) is 12.7 Å². The van der Waals surface area contributed by atoms with Gasteiger partial charge >= 0.3 is 6.18 Å². The second kappa shape index (κ2) is 5.90. The second-order valence-electron chi connectivity index (χ2n) is 4.32.